The minimum absolute atomic E-state index is 0.659. The molecular formula is C28H25N7OS. The van der Waals surface area contributed by atoms with E-state index in [1.54, 1.807) is 17.5 Å². The molecule has 0 aliphatic carbocycles. The molecule has 0 bridgehead atoms. The number of hydrogen-bond donors (Lipinski definition) is 2. The minimum atomic E-state index is 0.659. The number of nitrogens with one attached hydrogen (secondary N) is 2. The number of rotatable bonds is 7. The van der Waals surface area contributed by atoms with E-state index in [0.717, 1.165) is 62.3 Å². The van der Waals surface area contributed by atoms with Gasteiger partial charge in [-0.1, -0.05) is 0 Å². The zero-order chi connectivity index (χ0) is 24.6. The summed E-state index contributed by atoms with van der Waals surface area (Å²) in [4.78, 5) is 19.5. The largest absolute Gasteiger partial charge is 0.491 e. The Hall–Kier alpha value is -4.08. The number of likely N-dealkylation sites (tertiary alicyclic amines) is 1. The Labute approximate surface area is 217 Å². The molecule has 6 aromatic rings. The van der Waals surface area contributed by atoms with E-state index in [2.05, 4.69) is 64.0 Å². The van der Waals surface area contributed by atoms with Crippen molar-refractivity contribution in [2.75, 3.05) is 26.2 Å². The van der Waals surface area contributed by atoms with E-state index in [-0.39, 0.29) is 0 Å². The number of aromatic nitrogens is 6. The van der Waals surface area contributed by atoms with E-state index < -0.39 is 0 Å². The van der Waals surface area contributed by atoms with Gasteiger partial charge in [0.15, 0.2) is 0 Å². The Kier molecular flexibility index (Phi) is 5.64. The molecule has 0 amide bonds. The molecule has 184 valence electrons. The lowest BCUT2D eigenvalue weighted by atomic mass is 10.1. The SMILES string of the molecule is c1cc(-c2cncc3[nH]c(-c4n[nH]c5cnc(-c6cncc(OCCN7CCCC7)c6)cc45)cc23)cs1. The molecule has 1 saturated heterocycles. The second kappa shape index (κ2) is 9.42. The van der Waals surface area contributed by atoms with Crippen LogP contribution in [0.15, 0.2) is 66.0 Å². The predicted molar refractivity (Wildman–Crippen MR) is 147 cm³/mol. The van der Waals surface area contributed by atoms with Gasteiger partial charge in [-0.25, -0.2) is 0 Å². The molecule has 0 radical (unpaired) electrons. The first kappa shape index (κ1) is 22.1. The van der Waals surface area contributed by atoms with Gasteiger partial charge in [0.05, 0.1) is 41.0 Å². The van der Waals surface area contributed by atoms with Crippen LogP contribution in [0, 0.1) is 0 Å². The number of nitrogens with zero attached hydrogens (tertiary/aromatic N) is 5. The van der Waals surface area contributed by atoms with Crippen molar-refractivity contribution in [3.05, 3.63) is 66.0 Å². The van der Waals surface area contributed by atoms with Crippen LogP contribution >= 0.6 is 11.3 Å². The van der Waals surface area contributed by atoms with Gasteiger partial charge in [0.25, 0.3) is 0 Å². The molecule has 2 N–H and O–H groups in total. The highest BCUT2D eigenvalue weighted by atomic mass is 32.1. The first-order valence-corrected chi connectivity index (χ1v) is 13.4. The maximum Gasteiger partial charge on any atom is 0.138 e. The van der Waals surface area contributed by atoms with Crippen LogP contribution in [0.25, 0.3) is 55.6 Å². The Morgan fingerprint density at radius 3 is 2.73 bits per heavy atom. The van der Waals surface area contributed by atoms with Crippen molar-refractivity contribution in [2.24, 2.45) is 0 Å². The van der Waals surface area contributed by atoms with E-state index in [0.29, 0.717) is 6.61 Å². The van der Waals surface area contributed by atoms with Gasteiger partial charge in [-0.2, -0.15) is 16.4 Å². The Balaban J connectivity index is 1.20. The number of hydrogen-bond acceptors (Lipinski definition) is 7. The lowest BCUT2D eigenvalue weighted by Gasteiger charge is -2.15. The lowest BCUT2D eigenvalue weighted by Crippen LogP contribution is -2.25. The Morgan fingerprint density at radius 1 is 0.919 bits per heavy atom. The molecule has 0 unspecified atom stereocenters. The van der Waals surface area contributed by atoms with Crippen molar-refractivity contribution in [2.45, 2.75) is 12.8 Å². The topological polar surface area (TPSA) is 95.6 Å². The molecule has 7 heterocycles. The Morgan fingerprint density at radius 2 is 1.84 bits per heavy atom. The van der Waals surface area contributed by atoms with Gasteiger partial charge in [0.1, 0.15) is 18.1 Å². The van der Waals surface area contributed by atoms with Gasteiger partial charge in [0.2, 0.25) is 0 Å². The molecule has 6 aromatic heterocycles. The summed E-state index contributed by atoms with van der Waals surface area (Å²) in [6.07, 6.45) is 11.8. The quantitative estimate of drug-likeness (QED) is 0.285. The summed E-state index contributed by atoms with van der Waals surface area (Å²) < 4.78 is 6.01. The number of H-pyrrole nitrogens is 2. The van der Waals surface area contributed by atoms with Crippen molar-refractivity contribution < 1.29 is 4.74 Å². The predicted octanol–water partition coefficient (Wildman–Crippen LogP) is 5.77. The zero-order valence-electron chi connectivity index (χ0n) is 20.1. The standard InChI is InChI=1S/C28H25N7OS/c1-2-5-35(4-1)6-7-36-20-9-19(12-29-13-20)24-11-22-27(16-31-24)33-34-28(22)25-10-21-23(18-3-8-37-17-18)14-30-15-26(21)32-25/h3,8-17,32H,1-2,4-7H2,(H,33,34). The van der Waals surface area contributed by atoms with E-state index in [1.165, 1.54) is 31.5 Å². The van der Waals surface area contributed by atoms with Gasteiger partial charge in [-0.3, -0.25) is 25.0 Å². The molecule has 1 fully saturated rings. The van der Waals surface area contributed by atoms with Gasteiger partial charge < -0.3 is 9.72 Å². The smallest absolute Gasteiger partial charge is 0.138 e. The monoisotopic (exact) mass is 507 g/mol. The first-order valence-electron chi connectivity index (χ1n) is 12.5. The number of pyridine rings is 3. The number of fused-ring (bicyclic) bond motifs is 2. The van der Waals surface area contributed by atoms with Crippen LogP contribution in [-0.4, -0.2) is 61.3 Å². The van der Waals surface area contributed by atoms with E-state index in [1.807, 2.05) is 30.9 Å². The van der Waals surface area contributed by atoms with Gasteiger partial charge >= 0.3 is 0 Å². The third-order valence-corrected chi connectivity index (χ3v) is 7.65. The number of aromatic amines is 2. The van der Waals surface area contributed by atoms with Crippen molar-refractivity contribution in [3.63, 3.8) is 0 Å². The fourth-order valence-electron chi connectivity index (χ4n) is 5.04. The van der Waals surface area contributed by atoms with Crippen LogP contribution in [0.5, 0.6) is 5.75 Å². The normalized spacial score (nSPS) is 14.2. The van der Waals surface area contributed by atoms with Crippen molar-refractivity contribution in [1.82, 2.24) is 35.0 Å². The highest BCUT2D eigenvalue weighted by Gasteiger charge is 2.16. The highest BCUT2D eigenvalue weighted by molar-refractivity contribution is 7.08. The second-order valence-electron chi connectivity index (χ2n) is 9.34. The molecule has 9 heteroatoms. The summed E-state index contributed by atoms with van der Waals surface area (Å²) in [6, 6.07) is 8.33. The number of ether oxygens (including phenoxy) is 1. The summed E-state index contributed by atoms with van der Waals surface area (Å²) in [5, 5.41) is 14.1. The molecule has 0 saturated carbocycles. The average molecular weight is 508 g/mol. The van der Waals surface area contributed by atoms with E-state index in [4.69, 9.17) is 4.74 Å². The second-order valence-corrected chi connectivity index (χ2v) is 10.1. The van der Waals surface area contributed by atoms with Gasteiger partial charge in [-0.05, 0) is 66.5 Å². The maximum absolute atomic E-state index is 6.01. The summed E-state index contributed by atoms with van der Waals surface area (Å²) in [6.45, 7) is 3.94. The fraction of sp³-hybridized carbons (Fsp3) is 0.214. The first-order chi connectivity index (χ1) is 18.3. The Bertz CT molecular complexity index is 1680. The van der Waals surface area contributed by atoms with E-state index in [9.17, 15) is 0 Å². The van der Waals surface area contributed by atoms with Crippen LogP contribution in [-0.2, 0) is 0 Å². The molecule has 0 spiro atoms. The average Bonchev–Trinajstić information content (AvgIpc) is 3.74. The molecule has 0 atom stereocenters. The molecule has 7 rings (SSSR count). The summed E-state index contributed by atoms with van der Waals surface area (Å²) in [7, 11) is 0. The van der Waals surface area contributed by atoms with Crippen molar-refractivity contribution in [3.8, 4) is 39.5 Å². The molecular weight excluding hydrogens is 482 g/mol. The maximum atomic E-state index is 6.01. The summed E-state index contributed by atoms with van der Waals surface area (Å²) >= 11 is 1.68. The minimum Gasteiger partial charge on any atom is -0.491 e. The van der Waals surface area contributed by atoms with Crippen molar-refractivity contribution in [1.29, 1.82) is 0 Å². The van der Waals surface area contributed by atoms with Crippen LogP contribution in [0.2, 0.25) is 0 Å². The van der Waals surface area contributed by atoms with Crippen LogP contribution in [0.3, 0.4) is 0 Å². The molecule has 37 heavy (non-hydrogen) atoms. The molecule has 1 aliphatic rings. The highest BCUT2D eigenvalue weighted by Crippen LogP contribution is 2.35. The van der Waals surface area contributed by atoms with Crippen LogP contribution < -0.4 is 4.74 Å². The van der Waals surface area contributed by atoms with E-state index >= 15 is 0 Å². The van der Waals surface area contributed by atoms with Gasteiger partial charge in [-0.15, -0.1) is 0 Å². The van der Waals surface area contributed by atoms with Gasteiger partial charge in [0, 0.05) is 40.8 Å². The molecule has 0 aromatic carbocycles. The third-order valence-electron chi connectivity index (χ3n) is 6.96. The summed E-state index contributed by atoms with van der Waals surface area (Å²) in [5.74, 6) is 0.759. The molecule has 8 nitrogen and oxygen atoms in total. The zero-order valence-corrected chi connectivity index (χ0v) is 21.0. The van der Waals surface area contributed by atoms with Crippen molar-refractivity contribution >= 4 is 33.1 Å². The number of thiophene rings is 1. The van der Waals surface area contributed by atoms with Crippen LogP contribution in [0.1, 0.15) is 12.8 Å². The summed E-state index contributed by atoms with van der Waals surface area (Å²) in [5.41, 5.74) is 7.64. The third kappa shape index (κ3) is 4.26. The fourth-order valence-corrected chi connectivity index (χ4v) is 5.70. The lowest BCUT2D eigenvalue weighted by molar-refractivity contribution is 0.237. The molecule has 1 aliphatic heterocycles. The van der Waals surface area contributed by atoms with Crippen LogP contribution in [0.4, 0.5) is 0 Å².